The van der Waals surface area contributed by atoms with Crippen LogP contribution in [-0.4, -0.2) is 6.54 Å². The zero-order chi connectivity index (χ0) is 2.71. The molecule has 0 aromatic heterocycles. The molecule has 0 saturated carbocycles. The van der Waals surface area contributed by atoms with Crippen molar-refractivity contribution >= 4 is 0 Å². The first-order valence-corrected chi connectivity index (χ1v) is 1.06. The van der Waals surface area contributed by atoms with E-state index in [1.165, 1.54) is 0 Å². The van der Waals surface area contributed by atoms with Crippen LogP contribution < -0.4 is 0 Å². The molecule has 0 fully saturated rings. The largest absolute Gasteiger partial charge is 0.678 e. The maximum Gasteiger partial charge on any atom is 0 e. The van der Waals surface area contributed by atoms with Crippen LogP contribution in [0.3, 0.4) is 0 Å². The summed E-state index contributed by atoms with van der Waals surface area (Å²) in [6.07, 6.45) is 0. The Bertz CT molecular complexity index is 11.2. The van der Waals surface area contributed by atoms with Gasteiger partial charge >= 0.3 is 0 Å². The SMILES string of the molecule is C.C.CC[NH-].[Y].[Y].[Y]. The third kappa shape index (κ3) is 59.3. The van der Waals surface area contributed by atoms with Gasteiger partial charge in [0, 0.05) is 98.1 Å². The van der Waals surface area contributed by atoms with Crippen molar-refractivity contribution in [3.63, 3.8) is 0 Å². The van der Waals surface area contributed by atoms with E-state index in [0.717, 1.165) is 0 Å². The summed E-state index contributed by atoms with van der Waals surface area (Å²) in [6.45, 7) is 2.29. The van der Waals surface area contributed by atoms with E-state index in [2.05, 4.69) is 0 Å². The molecule has 1 nitrogen and oxygen atoms in total. The molecular weight excluding hydrogens is 329 g/mol. The summed E-state index contributed by atoms with van der Waals surface area (Å²) in [6, 6.07) is 0. The molecule has 0 aliphatic rings. The Morgan fingerprint density at radius 3 is 1.00 bits per heavy atom. The second kappa shape index (κ2) is 48.4. The van der Waals surface area contributed by atoms with E-state index in [-0.39, 0.29) is 113 Å². The minimum atomic E-state index is 0. The molecule has 0 saturated heterocycles. The van der Waals surface area contributed by atoms with E-state index in [9.17, 15) is 0 Å². The van der Waals surface area contributed by atoms with Gasteiger partial charge in [0.05, 0.1) is 0 Å². The van der Waals surface area contributed by atoms with Crippen molar-refractivity contribution in [3.05, 3.63) is 5.73 Å². The van der Waals surface area contributed by atoms with Gasteiger partial charge in [-0.15, -0.1) is 0 Å². The summed E-state index contributed by atoms with van der Waals surface area (Å²) in [5.41, 5.74) is 6.21. The first-order chi connectivity index (χ1) is 1.41. The average Bonchev–Trinajstić information content (AvgIpc) is 0.918. The maximum absolute atomic E-state index is 6.21. The van der Waals surface area contributed by atoms with Crippen LogP contribution in [0.2, 0.25) is 0 Å². The van der Waals surface area contributed by atoms with Gasteiger partial charge in [0.2, 0.25) is 0 Å². The van der Waals surface area contributed by atoms with Crippen LogP contribution in [0.15, 0.2) is 0 Å². The third-order valence-corrected chi connectivity index (χ3v) is 0. The Labute approximate surface area is 129 Å². The molecule has 0 aromatic rings. The molecule has 3 radical (unpaired) electrons. The van der Waals surface area contributed by atoms with Crippen LogP contribution in [0.4, 0.5) is 0 Å². The average molecular weight is 343 g/mol. The first-order valence-electron chi connectivity index (χ1n) is 1.06. The van der Waals surface area contributed by atoms with Crippen molar-refractivity contribution in [2.75, 3.05) is 6.54 Å². The van der Waals surface area contributed by atoms with Crippen molar-refractivity contribution in [2.45, 2.75) is 21.8 Å². The van der Waals surface area contributed by atoms with Crippen LogP contribution in [-0.2, 0) is 98.1 Å². The predicted molar refractivity (Wildman–Crippen MR) is 28.3 cm³/mol. The summed E-state index contributed by atoms with van der Waals surface area (Å²) < 4.78 is 0. The van der Waals surface area contributed by atoms with E-state index in [1.807, 2.05) is 0 Å². The van der Waals surface area contributed by atoms with Gasteiger partial charge in [-0.3, -0.25) is 0 Å². The molecule has 0 heterocycles. The van der Waals surface area contributed by atoms with E-state index in [4.69, 9.17) is 5.73 Å². The minimum Gasteiger partial charge on any atom is -0.678 e. The molecule has 0 aliphatic heterocycles. The Morgan fingerprint density at radius 1 is 1.00 bits per heavy atom. The van der Waals surface area contributed by atoms with Crippen molar-refractivity contribution in [2.24, 2.45) is 0 Å². The molecule has 8 heavy (non-hydrogen) atoms. The fraction of sp³-hybridized carbons (Fsp3) is 1.00. The van der Waals surface area contributed by atoms with Crippen molar-refractivity contribution in [1.82, 2.24) is 0 Å². The summed E-state index contributed by atoms with van der Waals surface area (Å²) in [7, 11) is 0. The number of rotatable bonds is 0. The Balaban J connectivity index is -0.00000000200. The Morgan fingerprint density at radius 2 is 1.00 bits per heavy atom. The van der Waals surface area contributed by atoms with Crippen LogP contribution in [0.1, 0.15) is 21.8 Å². The van der Waals surface area contributed by atoms with Crippen molar-refractivity contribution < 1.29 is 98.1 Å². The monoisotopic (exact) mass is 343 g/mol. The van der Waals surface area contributed by atoms with Crippen LogP contribution in [0.5, 0.6) is 0 Å². The number of hydrogen-bond acceptors (Lipinski definition) is 0. The van der Waals surface area contributed by atoms with Crippen LogP contribution in [0, 0.1) is 0 Å². The van der Waals surface area contributed by atoms with Gasteiger partial charge < -0.3 is 5.73 Å². The zero-order valence-electron chi connectivity index (χ0n) is 3.94. The maximum atomic E-state index is 6.21. The molecule has 0 unspecified atom stereocenters. The molecule has 0 aliphatic carbocycles. The third-order valence-electron chi connectivity index (χ3n) is 0. The standard InChI is InChI=1S/C2H6N.2CH4.3Y/c1-2-3;;;;;/h3H,2H2,1H3;2*1H4;;;/q-1;;;;;. The summed E-state index contributed by atoms with van der Waals surface area (Å²) >= 11 is 0. The van der Waals surface area contributed by atoms with Crippen molar-refractivity contribution in [3.8, 4) is 0 Å². The summed E-state index contributed by atoms with van der Waals surface area (Å²) in [4.78, 5) is 0. The molecule has 0 bridgehead atoms. The molecule has 1 N–H and O–H groups in total. The molecule has 0 amide bonds. The van der Waals surface area contributed by atoms with Crippen LogP contribution in [0.25, 0.3) is 5.73 Å². The van der Waals surface area contributed by atoms with Crippen molar-refractivity contribution in [1.29, 1.82) is 0 Å². The van der Waals surface area contributed by atoms with Gasteiger partial charge in [0.15, 0.2) is 0 Å². The van der Waals surface area contributed by atoms with E-state index < -0.39 is 0 Å². The van der Waals surface area contributed by atoms with E-state index >= 15 is 0 Å². The topological polar surface area (TPSA) is 23.8 Å². The quantitative estimate of drug-likeness (QED) is 0.645. The molecule has 4 heteroatoms. The van der Waals surface area contributed by atoms with Crippen LogP contribution >= 0.6 is 0 Å². The summed E-state index contributed by atoms with van der Waals surface area (Å²) in [5.74, 6) is 0. The fourth-order valence-corrected chi connectivity index (χ4v) is 0. The minimum absolute atomic E-state index is 0. The molecule has 0 rings (SSSR count). The zero-order valence-corrected chi connectivity index (χ0v) is 12.5. The molecule has 45 valence electrons. The Hall–Kier alpha value is 3.27. The smallest absolute Gasteiger partial charge is 0 e. The van der Waals surface area contributed by atoms with Gasteiger partial charge in [-0.25, -0.2) is 0 Å². The van der Waals surface area contributed by atoms with E-state index in [0.29, 0.717) is 6.54 Å². The Kier molecular flexibility index (Phi) is 259. The fourth-order valence-electron chi connectivity index (χ4n) is 0. The second-order valence-electron chi connectivity index (χ2n) is 0.354. The van der Waals surface area contributed by atoms with Gasteiger partial charge in [-0.05, 0) is 0 Å². The molecule has 0 aromatic carbocycles. The number of hydrogen-bond donors (Lipinski definition) is 0. The van der Waals surface area contributed by atoms with E-state index in [1.54, 1.807) is 6.92 Å². The molecule has 0 atom stereocenters. The predicted octanol–water partition coefficient (Wildman–Crippen LogP) is 2.32. The van der Waals surface area contributed by atoms with Gasteiger partial charge in [-0.2, -0.15) is 6.54 Å². The normalized spacial score (nSPS) is 2.25. The summed E-state index contributed by atoms with van der Waals surface area (Å²) in [5, 5.41) is 0. The van der Waals surface area contributed by atoms with Gasteiger partial charge in [0.1, 0.15) is 0 Å². The van der Waals surface area contributed by atoms with Gasteiger partial charge in [-0.1, -0.05) is 21.8 Å². The molecule has 0 spiro atoms. The molecular formula is C4H14NY3-. The first kappa shape index (κ1) is 42.8. The second-order valence-corrected chi connectivity index (χ2v) is 0.354. The number of nitrogens with one attached hydrogen (secondary N) is 1. The van der Waals surface area contributed by atoms with Gasteiger partial charge in [0.25, 0.3) is 0 Å².